The summed E-state index contributed by atoms with van der Waals surface area (Å²) in [6.45, 7) is 43.8. The SMILES string of the molecule is CC(C)C(F)(F)C(F)(F)C(F)(F)C(F)(F)C(C)C.CC(C)CCCC(C)C.CC(C)CCCCC(C)C.CC(C)Cc1ccc(/C=C2\CC(C)C/C(=C\c3ccc(CC(C)C)cc3)C2=O)cc1.Cc1cc(NC(C)C)ccc1/C=C/c1ccc(NC(C)(C)C)cc1S(=O)(=O)[O-]. The number of rotatable bonds is 26. The van der Waals surface area contributed by atoms with Crippen LogP contribution < -0.4 is 10.6 Å². The lowest BCUT2D eigenvalue weighted by molar-refractivity contribution is -0.380. The van der Waals surface area contributed by atoms with Crippen LogP contribution in [0.3, 0.4) is 0 Å². The number of carbonyl (C=O) groups excluding carboxylic acids is 1. The second-order valence-corrected chi connectivity index (χ2v) is 32.0. The lowest BCUT2D eigenvalue weighted by Gasteiger charge is -2.39. The maximum atomic E-state index is 13.2. The summed E-state index contributed by atoms with van der Waals surface area (Å²) in [6, 6.07) is 28.5. The molecule has 0 amide bonds. The highest BCUT2D eigenvalue weighted by Gasteiger charge is 2.81. The van der Waals surface area contributed by atoms with E-state index in [1.54, 1.807) is 18.2 Å². The van der Waals surface area contributed by atoms with Gasteiger partial charge in [0.05, 0.1) is 4.90 Å². The van der Waals surface area contributed by atoms with Gasteiger partial charge in [0.25, 0.3) is 0 Å². The van der Waals surface area contributed by atoms with Gasteiger partial charge in [0.2, 0.25) is 0 Å². The van der Waals surface area contributed by atoms with E-state index < -0.39 is 45.6 Å². The first kappa shape index (κ1) is 87.7. The first-order valence-corrected chi connectivity index (χ1v) is 36.0. The van der Waals surface area contributed by atoms with Gasteiger partial charge in [-0.1, -0.05) is 235 Å². The zero-order valence-electron chi connectivity index (χ0n) is 62.0. The molecule has 1 aliphatic rings. The second-order valence-electron chi connectivity index (χ2n) is 30.6. The fourth-order valence-electron chi connectivity index (χ4n) is 10.4. The van der Waals surface area contributed by atoms with E-state index in [2.05, 4.69) is 175 Å². The summed E-state index contributed by atoms with van der Waals surface area (Å²) in [6.07, 6.45) is 21.5. The van der Waals surface area contributed by atoms with E-state index in [1.807, 2.05) is 52.0 Å². The Bertz CT molecular complexity index is 2970. The van der Waals surface area contributed by atoms with E-state index in [0.29, 0.717) is 62.7 Å². The number of alkyl halides is 8. The Morgan fingerprint density at radius 2 is 0.863 bits per heavy atom. The van der Waals surface area contributed by atoms with Gasteiger partial charge in [-0.15, -0.1) is 0 Å². The van der Waals surface area contributed by atoms with Gasteiger partial charge >= 0.3 is 23.7 Å². The molecule has 1 aliphatic carbocycles. The van der Waals surface area contributed by atoms with Crippen molar-refractivity contribution in [2.75, 3.05) is 10.6 Å². The number of anilines is 2. The van der Waals surface area contributed by atoms with E-state index in [0.717, 1.165) is 88.4 Å². The molecular weight excluding hydrogens is 1240 g/mol. The summed E-state index contributed by atoms with van der Waals surface area (Å²) in [7, 11) is -4.60. The molecule has 0 atom stereocenters. The topological polar surface area (TPSA) is 98.3 Å². The van der Waals surface area contributed by atoms with Crippen LogP contribution in [0.15, 0.2) is 101 Å². The molecular formula is C80H121F8N2O4S-. The van der Waals surface area contributed by atoms with E-state index in [9.17, 15) is 52.9 Å². The Labute approximate surface area is 570 Å². The van der Waals surface area contributed by atoms with Gasteiger partial charge in [-0.2, -0.15) is 35.1 Å². The van der Waals surface area contributed by atoms with Crippen LogP contribution in [-0.4, -0.2) is 54.0 Å². The van der Waals surface area contributed by atoms with Gasteiger partial charge in [0.1, 0.15) is 10.1 Å². The molecule has 538 valence electrons. The third-order valence-electron chi connectivity index (χ3n) is 15.7. The first-order valence-electron chi connectivity index (χ1n) is 34.6. The molecule has 0 saturated heterocycles. The summed E-state index contributed by atoms with van der Waals surface area (Å²) in [5.41, 5.74) is 10.6. The number of benzene rings is 4. The Hall–Kier alpha value is -5.28. The van der Waals surface area contributed by atoms with Gasteiger partial charge in [-0.3, -0.25) is 4.79 Å². The molecule has 1 fully saturated rings. The monoisotopic (exact) mass is 1360 g/mol. The summed E-state index contributed by atoms with van der Waals surface area (Å²) in [4.78, 5) is 12.9. The van der Waals surface area contributed by atoms with E-state index in [4.69, 9.17) is 0 Å². The molecule has 0 aromatic heterocycles. The normalized spacial score (nSPS) is 15.3. The Balaban J connectivity index is 0.000000639. The van der Waals surface area contributed by atoms with Crippen LogP contribution in [0.2, 0.25) is 0 Å². The Morgan fingerprint density at radius 1 is 0.505 bits per heavy atom. The zero-order valence-corrected chi connectivity index (χ0v) is 62.8. The van der Waals surface area contributed by atoms with Crippen molar-refractivity contribution >= 4 is 51.6 Å². The van der Waals surface area contributed by atoms with Crippen LogP contribution in [0.5, 0.6) is 0 Å². The van der Waals surface area contributed by atoms with Crippen LogP contribution in [-0.2, 0) is 27.8 Å². The number of nitrogens with one attached hydrogen (secondary N) is 2. The predicted molar refractivity (Wildman–Crippen MR) is 387 cm³/mol. The fourth-order valence-corrected chi connectivity index (χ4v) is 11.1. The number of aryl methyl sites for hydroxylation is 1. The van der Waals surface area contributed by atoms with Gasteiger partial charge in [-0.25, -0.2) is 8.42 Å². The Kier molecular flexibility index (Phi) is 36.9. The van der Waals surface area contributed by atoms with E-state index >= 15 is 0 Å². The highest BCUT2D eigenvalue weighted by atomic mass is 32.2. The van der Waals surface area contributed by atoms with Crippen molar-refractivity contribution in [3.63, 3.8) is 0 Å². The summed E-state index contributed by atoms with van der Waals surface area (Å²) < 4.78 is 140. The third-order valence-corrected chi connectivity index (χ3v) is 16.6. The van der Waals surface area contributed by atoms with Gasteiger partial charge < -0.3 is 15.2 Å². The largest absolute Gasteiger partial charge is 0.744 e. The number of Topliss-reactive ketones (excluding diaryl/α,β-unsaturated/α-hetero) is 1. The summed E-state index contributed by atoms with van der Waals surface area (Å²) in [5.74, 6) is -21.6. The quantitative estimate of drug-likeness (QED) is 0.0214. The number of halogens is 8. The number of carbonyl (C=O) groups is 1. The van der Waals surface area contributed by atoms with Crippen molar-refractivity contribution < 1.29 is 52.9 Å². The molecule has 1 saturated carbocycles. The molecule has 4 aromatic carbocycles. The van der Waals surface area contributed by atoms with Crippen LogP contribution in [0.25, 0.3) is 24.3 Å². The first-order chi connectivity index (χ1) is 43.5. The molecule has 0 radical (unpaired) electrons. The summed E-state index contributed by atoms with van der Waals surface area (Å²) in [5, 5.41) is 6.54. The molecule has 0 aliphatic heterocycles. The molecule has 0 unspecified atom stereocenters. The van der Waals surface area contributed by atoms with Gasteiger partial charge in [0, 0.05) is 45.9 Å². The lowest BCUT2D eigenvalue weighted by atomic mass is 9.80. The van der Waals surface area contributed by atoms with Gasteiger partial charge in [0.15, 0.2) is 5.78 Å². The number of unbranched alkanes of at least 4 members (excludes halogenated alkanes) is 1. The minimum atomic E-state index is -6.14. The molecule has 4 aromatic rings. The molecule has 95 heavy (non-hydrogen) atoms. The molecule has 2 N–H and O–H groups in total. The van der Waals surface area contributed by atoms with Crippen molar-refractivity contribution in [2.45, 2.75) is 270 Å². The fraction of sp³-hybridized carbons (Fsp3) is 0.613. The molecule has 0 spiro atoms. The average Bonchev–Trinajstić information content (AvgIpc) is 0.733. The maximum absolute atomic E-state index is 13.2. The zero-order chi connectivity index (χ0) is 73.2. The van der Waals surface area contributed by atoms with E-state index in [-0.39, 0.29) is 16.2 Å². The van der Waals surface area contributed by atoms with Crippen molar-refractivity contribution in [1.82, 2.24) is 0 Å². The van der Waals surface area contributed by atoms with Crippen LogP contribution >= 0.6 is 0 Å². The van der Waals surface area contributed by atoms with Crippen molar-refractivity contribution in [3.05, 3.63) is 135 Å². The van der Waals surface area contributed by atoms with Crippen LogP contribution in [0.1, 0.15) is 249 Å². The lowest BCUT2D eigenvalue weighted by Crippen LogP contribution is -2.64. The maximum Gasteiger partial charge on any atom is 0.378 e. The average molecular weight is 1360 g/mol. The standard InChI is InChI=1S/C29H36O.C22H30N2O3S.C10H14F8.C10H22.C9H20/c1-20(2)14-23-6-10-25(11-7-23)18-27-16-22(5)17-28(29(27)30)19-26-12-8-24(9-13-26)15-21(3)4;1-15(2)23-19-11-9-17(16(3)13-19)7-8-18-10-12-20(24-22(4,5)6)14-21(18)28(25,26)27;1-5(2)7(11,12)9(15,16)10(17,18)8(13,14)6(3)4;1-9(2)7-5-6-8-10(3)4;1-8(2)6-5-7-9(3)4/h6-13,18-22H,14-17H2,1-5H3;7-15,23-24H,1-6H3,(H,25,26,27);5-6H,1-4H3;9-10H,5-8H2,1-4H3;8-9H,5-7H2,1-4H3/p-1/b27-18+,28-19+;8-7+;;;. The molecule has 0 heterocycles. The Morgan fingerprint density at radius 3 is 1.19 bits per heavy atom. The number of ketones is 1. The molecule has 0 bridgehead atoms. The van der Waals surface area contributed by atoms with Crippen molar-refractivity contribution in [3.8, 4) is 0 Å². The predicted octanol–water partition coefficient (Wildman–Crippen LogP) is 24.8. The summed E-state index contributed by atoms with van der Waals surface area (Å²) >= 11 is 0. The van der Waals surface area contributed by atoms with E-state index in [1.165, 1.54) is 62.1 Å². The molecule has 5 rings (SSSR count). The van der Waals surface area contributed by atoms with Crippen molar-refractivity contribution in [2.24, 2.45) is 53.3 Å². The highest BCUT2D eigenvalue weighted by Crippen LogP contribution is 2.56. The minimum Gasteiger partial charge on any atom is -0.744 e. The smallest absolute Gasteiger partial charge is 0.378 e. The van der Waals surface area contributed by atoms with Crippen LogP contribution in [0.4, 0.5) is 46.5 Å². The highest BCUT2D eigenvalue weighted by molar-refractivity contribution is 7.85. The third kappa shape index (κ3) is 31.9. The number of allylic oxidation sites excluding steroid dienone is 2. The van der Waals surface area contributed by atoms with Crippen molar-refractivity contribution in [1.29, 1.82) is 0 Å². The van der Waals surface area contributed by atoms with Gasteiger partial charge in [-0.05, 0) is 184 Å². The number of hydrogen-bond donors (Lipinski definition) is 2. The minimum absolute atomic E-state index is 0.214. The molecule has 15 heteroatoms. The molecule has 6 nitrogen and oxygen atoms in total. The second kappa shape index (κ2) is 40.0. The number of hydrogen-bond acceptors (Lipinski definition) is 6. The van der Waals surface area contributed by atoms with Crippen LogP contribution in [0, 0.1) is 60.2 Å².